The molecule has 98 valence electrons. The fourth-order valence-corrected chi connectivity index (χ4v) is 2.67. The number of hydrogen-bond donors (Lipinski definition) is 0. The van der Waals surface area contributed by atoms with Crippen LogP contribution in [0.3, 0.4) is 0 Å². The molecule has 1 rings (SSSR count). The second-order valence-corrected chi connectivity index (χ2v) is 6.06. The zero-order valence-corrected chi connectivity index (χ0v) is 11.6. The number of unbranched alkanes of at least 4 members (excludes halogenated alkanes) is 1. The largest absolute Gasteiger partial charge is 0.223 e. The van der Waals surface area contributed by atoms with Crippen molar-refractivity contribution in [2.45, 2.75) is 31.1 Å². The van der Waals surface area contributed by atoms with Crippen LogP contribution in [0.2, 0.25) is 0 Å². The molecule has 0 heterocycles. The van der Waals surface area contributed by atoms with Crippen LogP contribution in [0.4, 0.5) is 0 Å². The molecule has 0 aliphatic heterocycles. The fourth-order valence-electron chi connectivity index (χ4n) is 1.51. The molecule has 0 bridgehead atoms. The molecule has 0 aromatic heterocycles. The molecule has 1 aromatic carbocycles. The Morgan fingerprint density at radius 3 is 2.17 bits per heavy atom. The monoisotopic (exact) mass is 264 g/mol. The highest BCUT2D eigenvalue weighted by Crippen LogP contribution is 2.10. The minimum atomic E-state index is -3.16. The Bertz CT molecular complexity index is 484. The van der Waals surface area contributed by atoms with Gasteiger partial charge >= 0.3 is 0 Å². The first kappa shape index (κ1) is 14.7. The van der Waals surface area contributed by atoms with Gasteiger partial charge in [0.25, 0.3) is 0 Å². The third-order valence-corrected chi connectivity index (χ3v) is 4.11. The number of hydrogen-bond acceptors (Lipinski definition) is 2. The van der Waals surface area contributed by atoms with Crippen molar-refractivity contribution in [3.63, 3.8) is 0 Å². The zero-order chi connectivity index (χ0) is 13.3. The van der Waals surface area contributed by atoms with Gasteiger partial charge in [-0.25, -0.2) is 8.42 Å². The van der Waals surface area contributed by atoms with Gasteiger partial charge in [-0.3, -0.25) is 0 Å². The van der Waals surface area contributed by atoms with Crippen molar-refractivity contribution in [2.75, 3.05) is 5.75 Å². The van der Waals surface area contributed by atoms with E-state index >= 15 is 0 Å². The molecule has 0 fully saturated rings. The minimum Gasteiger partial charge on any atom is -0.223 e. The highest BCUT2D eigenvalue weighted by atomic mass is 32.2. The summed E-state index contributed by atoms with van der Waals surface area (Å²) in [6.45, 7) is 2.10. The summed E-state index contributed by atoms with van der Waals surface area (Å²) in [5.74, 6) is 0.0779. The molecule has 0 aliphatic rings. The fraction of sp³-hybridized carbons (Fsp3) is 0.333. The van der Waals surface area contributed by atoms with Gasteiger partial charge in [-0.05, 0) is 31.4 Å². The predicted molar refractivity (Wildman–Crippen MR) is 76.3 cm³/mol. The Hall–Kier alpha value is -1.35. The van der Waals surface area contributed by atoms with Crippen LogP contribution < -0.4 is 0 Å². The van der Waals surface area contributed by atoms with Crippen LogP contribution >= 0.6 is 0 Å². The molecule has 3 heteroatoms. The average Bonchev–Trinajstić information content (AvgIpc) is 2.39. The summed E-state index contributed by atoms with van der Waals surface area (Å²) in [6, 6.07) is 8.56. The Morgan fingerprint density at radius 2 is 1.56 bits per heavy atom. The van der Waals surface area contributed by atoms with Gasteiger partial charge in [0.1, 0.15) is 0 Å². The molecule has 18 heavy (non-hydrogen) atoms. The lowest BCUT2D eigenvalue weighted by molar-refractivity contribution is 0.599. The van der Waals surface area contributed by atoms with E-state index in [1.807, 2.05) is 12.1 Å². The van der Waals surface area contributed by atoms with Gasteiger partial charge in [-0.1, -0.05) is 49.4 Å². The van der Waals surface area contributed by atoms with Crippen LogP contribution in [0, 0.1) is 0 Å². The molecule has 0 atom stereocenters. The maximum absolute atomic E-state index is 11.9. The van der Waals surface area contributed by atoms with Crippen molar-refractivity contribution in [1.82, 2.24) is 0 Å². The normalized spacial score (nSPS) is 12.5. The summed E-state index contributed by atoms with van der Waals surface area (Å²) in [5.41, 5.74) is 0. The summed E-state index contributed by atoms with van der Waals surface area (Å²) >= 11 is 0. The van der Waals surface area contributed by atoms with Crippen LogP contribution in [0.1, 0.15) is 26.2 Å². The summed E-state index contributed by atoms with van der Waals surface area (Å²) < 4.78 is 23.8. The van der Waals surface area contributed by atoms with Crippen LogP contribution in [0.5, 0.6) is 0 Å². The minimum absolute atomic E-state index is 0.0779. The van der Waals surface area contributed by atoms with E-state index in [9.17, 15) is 8.42 Å². The highest BCUT2D eigenvalue weighted by Gasteiger charge is 2.10. The number of rotatable bonds is 7. The quantitative estimate of drug-likeness (QED) is 0.555. The lowest BCUT2D eigenvalue weighted by atomic mass is 10.2. The molecule has 0 aliphatic carbocycles. The van der Waals surface area contributed by atoms with Gasteiger partial charge in [0.15, 0.2) is 9.84 Å². The Labute approximate surface area is 110 Å². The predicted octanol–water partition coefficient (Wildman–Crippen LogP) is 3.76. The first-order chi connectivity index (χ1) is 8.67. The second kappa shape index (κ2) is 7.88. The maximum atomic E-state index is 11.9. The van der Waals surface area contributed by atoms with E-state index in [0.29, 0.717) is 4.90 Å². The van der Waals surface area contributed by atoms with E-state index < -0.39 is 9.84 Å². The van der Waals surface area contributed by atoms with E-state index in [0.717, 1.165) is 19.3 Å². The first-order valence-electron chi connectivity index (χ1n) is 6.24. The van der Waals surface area contributed by atoms with Gasteiger partial charge in [0.05, 0.1) is 10.6 Å². The SMILES string of the molecule is CC/C=C/CC/C=C/CS(=O)(=O)c1ccccc1. The van der Waals surface area contributed by atoms with Crippen molar-refractivity contribution in [1.29, 1.82) is 0 Å². The smallest absolute Gasteiger partial charge is 0.181 e. The van der Waals surface area contributed by atoms with E-state index in [-0.39, 0.29) is 5.75 Å². The number of benzene rings is 1. The summed E-state index contributed by atoms with van der Waals surface area (Å²) in [6.07, 6.45) is 10.8. The molecule has 0 saturated heterocycles. The molecule has 0 amide bonds. The topological polar surface area (TPSA) is 34.1 Å². The Morgan fingerprint density at radius 1 is 0.944 bits per heavy atom. The zero-order valence-electron chi connectivity index (χ0n) is 10.7. The molecule has 0 spiro atoms. The molecule has 0 radical (unpaired) electrons. The van der Waals surface area contributed by atoms with E-state index in [1.165, 1.54) is 0 Å². The van der Waals surface area contributed by atoms with Gasteiger partial charge in [-0.2, -0.15) is 0 Å². The van der Waals surface area contributed by atoms with Gasteiger partial charge < -0.3 is 0 Å². The second-order valence-electron chi connectivity index (χ2n) is 4.02. The first-order valence-corrected chi connectivity index (χ1v) is 7.90. The Balaban J connectivity index is 2.43. The van der Waals surface area contributed by atoms with E-state index in [1.54, 1.807) is 30.3 Å². The van der Waals surface area contributed by atoms with Gasteiger partial charge in [0.2, 0.25) is 0 Å². The summed E-state index contributed by atoms with van der Waals surface area (Å²) in [5, 5.41) is 0. The van der Waals surface area contributed by atoms with Gasteiger partial charge in [0, 0.05) is 0 Å². The lowest BCUT2D eigenvalue weighted by Gasteiger charge is -1.99. The van der Waals surface area contributed by atoms with Crippen LogP contribution in [-0.4, -0.2) is 14.2 Å². The number of sulfone groups is 1. The Kier molecular flexibility index (Phi) is 6.44. The highest BCUT2D eigenvalue weighted by molar-refractivity contribution is 7.91. The average molecular weight is 264 g/mol. The maximum Gasteiger partial charge on any atom is 0.181 e. The van der Waals surface area contributed by atoms with Crippen molar-refractivity contribution in [3.05, 3.63) is 54.6 Å². The molecule has 0 saturated carbocycles. The lowest BCUT2D eigenvalue weighted by Crippen LogP contribution is -2.04. The van der Waals surface area contributed by atoms with Crippen LogP contribution in [0.25, 0.3) is 0 Å². The van der Waals surface area contributed by atoms with E-state index in [2.05, 4.69) is 19.1 Å². The van der Waals surface area contributed by atoms with Crippen molar-refractivity contribution in [2.24, 2.45) is 0 Å². The van der Waals surface area contributed by atoms with Gasteiger partial charge in [-0.15, -0.1) is 0 Å². The van der Waals surface area contributed by atoms with Crippen molar-refractivity contribution < 1.29 is 8.42 Å². The summed E-state index contributed by atoms with van der Waals surface area (Å²) in [4.78, 5) is 0.389. The van der Waals surface area contributed by atoms with Crippen LogP contribution in [-0.2, 0) is 9.84 Å². The third kappa shape index (κ3) is 5.32. The van der Waals surface area contributed by atoms with Crippen LogP contribution in [0.15, 0.2) is 59.5 Å². The molecule has 1 aromatic rings. The third-order valence-electron chi connectivity index (χ3n) is 2.49. The number of allylic oxidation sites excluding steroid dienone is 3. The molecular formula is C15H20O2S. The van der Waals surface area contributed by atoms with E-state index in [4.69, 9.17) is 0 Å². The molecule has 0 unspecified atom stereocenters. The molecule has 2 nitrogen and oxygen atoms in total. The standard InChI is InChI=1S/C15H20O2S/c1-2-3-4-5-6-7-11-14-18(16,17)15-12-9-8-10-13-15/h3-4,7-13H,2,5-6,14H2,1H3/b4-3+,11-7+. The molecular weight excluding hydrogens is 244 g/mol. The summed E-state index contributed by atoms with van der Waals surface area (Å²) in [7, 11) is -3.16. The van der Waals surface area contributed by atoms with Crippen molar-refractivity contribution >= 4 is 9.84 Å². The molecule has 0 N–H and O–H groups in total. The van der Waals surface area contributed by atoms with Crippen molar-refractivity contribution in [3.8, 4) is 0 Å².